The van der Waals surface area contributed by atoms with Crippen LogP contribution >= 0.6 is 11.6 Å². The summed E-state index contributed by atoms with van der Waals surface area (Å²) in [6.07, 6.45) is 0.666. The summed E-state index contributed by atoms with van der Waals surface area (Å²) in [5, 5.41) is 8.74. The monoisotopic (exact) mass is 192 g/mol. The molecule has 0 aliphatic heterocycles. The average Bonchev–Trinajstić information content (AvgIpc) is 2.41. The van der Waals surface area contributed by atoms with E-state index in [0.29, 0.717) is 6.42 Å². The van der Waals surface area contributed by atoms with Gasteiger partial charge in [0.1, 0.15) is 4.87 Å². The molecule has 0 aromatic rings. The van der Waals surface area contributed by atoms with Crippen molar-refractivity contribution in [3.63, 3.8) is 0 Å². The molecule has 2 nitrogen and oxygen atoms in total. The van der Waals surface area contributed by atoms with Crippen LogP contribution in [0.25, 0.3) is 0 Å². The third-order valence-electron chi connectivity index (χ3n) is 2.29. The molecule has 64 valence electrons. The number of carboxylic acids is 1. The quantitative estimate of drug-likeness (QED) is 0.538. The summed E-state index contributed by atoms with van der Waals surface area (Å²) in [7, 11) is -1.33. The summed E-state index contributed by atoms with van der Waals surface area (Å²) in [6.45, 7) is 6.47. The number of carbonyl (C=O) groups is 1. The first-order valence-corrected chi connectivity index (χ1v) is 7.66. The zero-order valence-corrected chi connectivity index (χ0v) is 8.77. The molecular formula is C7H13ClO2Si. The maximum atomic E-state index is 10.6. The number of aliphatic carboxylic acids is 1. The van der Waals surface area contributed by atoms with E-state index in [9.17, 15) is 4.79 Å². The fourth-order valence-corrected chi connectivity index (χ4v) is 5.16. The van der Waals surface area contributed by atoms with E-state index in [4.69, 9.17) is 16.7 Å². The molecule has 0 aromatic carbocycles. The Bertz CT molecular complexity index is 199. The van der Waals surface area contributed by atoms with Gasteiger partial charge in [0.25, 0.3) is 0 Å². The van der Waals surface area contributed by atoms with Crippen LogP contribution in [0, 0.1) is 0 Å². The van der Waals surface area contributed by atoms with E-state index in [2.05, 4.69) is 19.6 Å². The predicted octanol–water partition coefficient (Wildman–Crippen LogP) is 2.16. The first kappa shape index (κ1) is 9.07. The van der Waals surface area contributed by atoms with Gasteiger partial charge in [-0.2, -0.15) is 0 Å². The Hall–Kier alpha value is -0.0231. The molecule has 1 saturated carbocycles. The summed E-state index contributed by atoms with van der Waals surface area (Å²) in [4.78, 5) is 9.73. The second kappa shape index (κ2) is 2.23. The van der Waals surface area contributed by atoms with Gasteiger partial charge in [0.15, 0.2) is 0 Å². The topological polar surface area (TPSA) is 37.3 Å². The zero-order valence-electron chi connectivity index (χ0n) is 7.02. The van der Waals surface area contributed by atoms with Crippen LogP contribution in [-0.4, -0.2) is 24.0 Å². The maximum Gasteiger partial charge on any atom is 0.324 e. The molecule has 0 bridgehead atoms. The van der Waals surface area contributed by atoms with Gasteiger partial charge in [-0.3, -0.25) is 4.79 Å². The molecule has 11 heavy (non-hydrogen) atoms. The van der Waals surface area contributed by atoms with Gasteiger partial charge in [0.2, 0.25) is 0 Å². The Kier molecular flexibility index (Phi) is 1.84. The van der Waals surface area contributed by atoms with E-state index in [-0.39, 0.29) is 5.54 Å². The minimum Gasteiger partial charge on any atom is -0.480 e. The van der Waals surface area contributed by atoms with Crippen LogP contribution in [0.3, 0.4) is 0 Å². The van der Waals surface area contributed by atoms with Crippen molar-refractivity contribution in [2.75, 3.05) is 0 Å². The van der Waals surface area contributed by atoms with Gasteiger partial charge in [-0.15, -0.1) is 11.6 Å². The molecule has 1 aliphatic rings. The van der Waals surface area contributed by atoms with Crippen LogP contribution in [0.5, 0.6) is 0 Å². The molecule has 0 amide bonds. The summed E-state index contributed by atoms with van der Waals surface area (Å²) >= 11 is 5.87. The Morgan fingerprint density at radius 3 is 2.18 bits per heavy atom. The molecule has 0 unspecified atom stereocenters. The summed E-state index contributed by atoms with van der Waals surface area (Å²) in [6, 6.07) is 0. The van der Waals surface area contributed by atoms with Crippen molar-refractivity contribution in [2.45, 2.75) is 36.5 Å². The molecule has 0 saturated heterocycles. The van der Waals surface area contributed by atoms with E-state index in [1.54, 1.807) is 0 Å². The third-order valence-corrected chi connectivity index (χ3v) is 5.84. The van der Waals surface area contributed by atoms with E-state index in [1.165, 1.54) is 0 Å². The number of hydrogen-bond donors (Lipinski definition) is 1. The molecule has 1 N–H and O–H groups in total. The Labute approximate surface area is 72.6 Å². The smallest absolute Gasteiger partial charge is 0.324 e. The van der Waals surface area contributed by atoms with Crippen molar-refractivity contribution in [3.05, 3.63) is 0 Å². The van der Waals surface area contributed by atoms with Crippen LogP contribution in [0.4, 0.5) is 0 Å². The van der Waals surface area contributed by atoms with Gasteiger partial charge in [0.05, 0.1) is 8.07 Å². The lowest BCUT2D eigenvalue weighted by Crippen LogP contribution is -2.28. The second-order valence-electron chi connectivity index (χ2n) is 4.29. The van der Waals surface area contributed by atoms with Gasteiger partial charge in [-0.05, 0) is 12.0 Å². The van der Waals surface area contributed by atoms with Gasteiger partial charge in [0, 0.05) is 0 Å². The molecule has 2 atom stereocenters. The van der Waals surface area contributed by atoms with Crippen LogP contribution in [-0.2, 0) is 4.79 Å². The van der Waals surface area contributed by atoms with Crippen LogP contribution in [0.1, 0.15) is 6.42 Å². The van der Waals surface area contributed by atoms with Crippen molar-refractivity contribution < 1.29 is 9.90 Å². The SMILES string of the molecule is C[Si](C)(C)[C@H]1C[C@@]1(Cl)C(=O)O. The van der Waals surface area contributed by atoms with E-state index in [1.807, 2.05) is 0 Å². The molecule has 0 spiro atoms. The largest absolute Gasteiger partial charge is 0.480 e. The normalized spacial score (nSPS) is 36.9. The first-order chi connectivity index (χ1) is 4.78. The number of hydrogen-bond acceptors (Lipinski definition) is 1. The van der Waals surface area contributed by atoms with Crippen molar-refractivity contribution in [1.82, 2.24) is 0 Å². The zero-order chi connectivity index (χ0) is 8.86. The fourth-order valence-electron chi connectivity index (χ4n) is 1.47. The second-order valence-corrected chi connectivity index (χ2v) is 10.4. The van der Waals surface area contributed by atoms with Crippen LogP contribution < -0.4 is 0 Å². The van der Waals surface area contributed by atoms with E-state index >= 15 is 0 Å². The van der Waals surface area contributed by atoms with Gasteiger partial charge >= 0.3 is 5.97 Å². The molecule has 1 rings (SSSR count). The highest BCUT2D eigenvalue weighted by Gasteiger charge is 2.64. The predicted molar refractivity (Wildman–Crippen MR) is 47.9 cm³/mol. The minimum atomic E-state index is -1.33. The van der Waals surface area contributed by atoms with Crippen molar-refractivity contribution in [1.29, 1.82) is 0 Å². The van der Waals surface area contributed by atoms with Crippen LogP contribution in [0.15, 0.2) is 0 Å². The van der Waals surface area contributed by atoms with Gasteiger partial charge < -0.3 is 5.11 Å². The molecule has 4 heteroatoms. The standard InChI is InChI=1S/C7H13ClO2Si/c1-11(2,3)5-4-7(5,8)6(9)10/h5H,4H2,1-3H3,(H,9,10)/t5-,7-/m0/s1. The van der Waals surface area contributed by atoms with E-state index < -0.39 is 18.9 Å². The molecule has 0 aromatic heterocycles. The van der Waals surface area contributed by atoms with Crippen molar-refractivity contribution >= 4 is 25.6 Å². The van der Waals surface area contributed by atoms with Crippen molar-refractivity contribution in [2.24, 2.45) is 0 Å². The summed E-state index contributed by atoms with van der Waals surface area (Å²) in [5.74, 6) is -0.841. The van der Waals surface area contributed by atoms with Crippen LogP contribution in [0.2, 0.25) is 25.2 Å². The van der Waals surface area contributed by atoms with E-state index in [0.717, 1.165) is 0 Å². The summed E-state index contributed by atoms with van der Waals surface area (Å²) < 4.78 is 0. The van der Waals surface area contributed by atoms with Gasteiger partial charge in [-0.1, -0.05) is 19.6 Å². The lowest BCUT2D eigenvalue weighted by atomic mass is 10.4. The maximum absolute atomic E-state index is 10.6. The Morgan fingerprint density at radius 2 is 2.09 bits per heavy atom. The molecular weight excluding hydrogens is 180 g/mol. The molecule has 0 radical (unpaired) electrons. The molecule has 0 heterocycles. The highest BCUT2D eigenvalue weighted by Crippen LogP contribution is 2.60. The third kappa shape index (κ3) is 1.44. The lowest BCUT2D eigenvalue weighted by molar-refractivity contribution is -0.137. The molecule has 1 fully saturated rings. The highest BCUT2D eigenvalue weighted by molar-refractivity contribution is 6.80. The Morgan fingerprint density at radius 1 is 1.64 bits per heavy atom. The first-order valence-electron chi connectivity index (χ1n) is 3.71. The Balaban J connectivity index is 2.68. The van der Waals surface area contributed by atoms with Crippen molar-refractivity contribution in [3.8, 4) is 0 Å². The minimum absolute atomic E-state index is 0.258. The summed E-state index contributed by atoms with van der Waals surface area (Å²) in [5.41, 5.74) is 0.258. The number of alkyl halides is 1. The highest BCUT2D eigenvalue weighted by atomic mass is 35.5. The number of rotatable bonds is 2. The number of carboxylic acid groups (broad SMARTS) is 1. The number of halogens is 1. The van der Waals surface area contributed by atoms with Gasteiger partial charge in [-0.25, -0.2) is 0 Å². The molecule has 1 aliphatic carbocycles. The fraction of sp³-hybridized carbons (Fsp3) is 0.857. The average molecular weight is 193 g/mol. The lowest BCUT2D eigenvalue weighted by Gasteiger charge is -2.16.